The zero-order valence-corrected chi connectivity index (χ0v) is 37.2. The quantitative estimate of drug-likeness (QED) is 0.0315. The highest BCUT2D eigenvalue weighted by molar-refractivity contribution is 8.24. The van der Waals surface area contributed by atoms with Crippen molar-refractivity contribution in [2.45, 2.75) is 61.2 Å². The molecule has 2 fully saturated rings. The average Bonchev–Trinajstić information content (AvgIpc) is 3.79. The van der Waals surface area contributed by atoms with E-state index in [9.17, 15) is 33.6 Å². The molecule has 6 rings (SSSR count). The van der Waals surface area contributed by atoms with Crippen LogP contribution in [-0.4, -0.2) is 62.5 Å². The van der Waals surface area contributed by atoms with E-state index in [4.69, 9.17) is 49.2 Å². The van der Waals surface area contributed by atoms with Crippen LogP contribution in [-0.2, 0) is 47.8 Å². The number of ether oxygens (including phenoxy) is 9. The van der Waals surface area contributed by atoms with Gasteiger partial charge in [-0.05, 0) is 112 Å². The van der Waals surface area contributed by atoms with Gasteiger partial charge in [-0.25, -0.2) is 14.4 Å². The number of benzene rings is 3. The third kappa shape index (κ3) is 12.8. The van der Waals surface area contributed by atoms with Gasteiger partial charge < -0.3 is 42.6 Å². The molecule has 2 aliphatic carbocycles. The predicted molar refractivity (Wildman–Crippen MR) is 234 cm³/mol. The number of esters is 7. The van der Waals surface area contributed by atoms with E-state index in [1.54, 1.807) is 48.5 Å². The van der Waals surface area contributed by atoms with Gasteiger partial charge in [0, 0.05) is 12.2 Å². The third-order valence-corrected chi connectivity index (χ3v) is 13.2. The van der Waals surface area contributed by atoms with Crippen LogP contribution in [0.5, 0.6) is 34.5 Å². The van der Waals surface area contributed by atoms with E-state index in [-0.39, 0.29) is 35.0 Å². The SMILES string of the molecule is [C-]#[N+]C(C(=O)OC)=C1Sc2c(OC(=O)C3CCC(C(=O)Oc4ccc(OCOC(=O)C=C)cc4)CC3)ccc(OC(=O)C3CCC(C(=O)Oc4ccc(OCOC(=O)C=C)cc4)CC3)c2S1. The first kappa shape index (κ1) is 48.4. The lowest BCUT2D eigenvalue weighted by atomic mass is 9.82. The Bertz CT molecular complexity index is 2280. The summed E-state index contributed by atoms with van der Waals surface area (Å²) >= 11 is 2.03. The second-order valence-corrected chi connectivity index (χ2v) is 17.0. The van der Waals surface area contributed by atoms with Crippen LogP contribution in [0.1, 0.15) is 51.4 Å². The molecule has 19 heteroatoms. The number of hydrogen-bond donors (Lipinski definition) is 0. The fourth-order valence-corrected chi connectivity index (χ4v) is 9.55. The number of rotatable bonds is 17. The second kappa shape index (κ2) is 23.2. The van der Waals surface area contributed by atoms with E-state index in [0.717, 1.165) is 42.8 Å². The number of carbonyl (C=O) groups excluding carboxylic acids is 7. The van der Waals surface area contributed by atoms with Crippen molar-refractivity contribution in [1.82, 2.24) is 0 Å². The average molecular weight is 942 g/mol. The highest BCUT2D eigenvalue weighted by Gasteiger charge is 2.37. The maximum absolute atomic E-state index is 13.6. The molecule has 0 unspecified atom stereocenters. The molecule has 66 heavy (non-hydrogen) atoms. The lowest BCUT2D eigenvalue weighted by Crippen LogP contribution is -2.30. The largest absolute Gasteiger partial charge is 0.474 e. The Balaban J connectivity index is 1.03. The maximum Gasteiger partial charge on any atom is 0.337 e. The molecule has 0 atom stereocenters. The Hall–Kier alpha value is -7.04. The molecule has 0 N–H and O–H groups in total. The summed E-state index contributed by atoms with van der Waals surface area (Å²) in [4.78, 5) is 92.1. The molecule has 344 valence electrons. The number of fused-ring (bicyclic) bond motifs is 1. The van der Waals surface area contributed by atoms with Crippen LogP contribution in [0, 0.1) is 30.2 Å². The molecule has 0 saturated heterocycles. The monoisotopic (exact) mass is 941 g/mol. The lowest BCUT2D eigenvalue weighted by Gasteiger charge is -2.26. The van der Waals surface area contributed by atoms with Crippen LogP contribution >= 0.6 is 23.5 Å². The maximum atomic E-state index is 13.6. The molecule has 0 bridgehead atoms. The normalized spacial score (nSPS) is 18.4. The van der Waals surface area contributed by atoms with Gasteiger partial charge in [0.25, 0.3) is 5.70 Å². The summed E-state index contributed by atoms with van der Waals surface area (Å²) in [7, 11) is 1.15. The summed E-state index contributed by atoms with van der Waals surface area (Å²) in [5, 5.41) is 0. The summed E-state index contributed by atoms with van der Waals surface area (Å²) in [6.07, 6.45) is 4.93. The van der Waals surface area contributed by atoms with Crippen molar-refractivity contribution in [2.24, 2.45) is 23.7 Å². The van der Waals surface area contributed by atoms with E-state index < -0.39 is 65.5 Å². The van der Waals surface area contributed by atoms with Crippen LogP contribution < -0.4 is 28.4 Å². The predicted octanol–water partition coefficient (Wildman–Crippen LogP) is 7.91. The first-order valence-electron chi connectivity index (χ1n) is 20.5. The van der Waals surface area contributed by atoms with Crippen molar-refractivity contribution in [2.75, 3.05) is 20.7 Å². The molecule has 0 radical (unpaired) electrons. The van der Waals surface area contributed by atoms with Crippen LogP contribution in [0.2, 0.25) is 0 Å². The molecule has 3 aromatic carbocycles. The molecule has 1 aliphatic heterocycles. The van der Waals surface area contributed by atoms with Crippen LogP contribution in [0.15, 0.2) is 106 Å². The fraction of sp³-hybridized carbons (Fsp3) is 0.319. The molecule has 17 nitrogen and oxygen atoms in total. The number of carbonyl (C=O) groups is 7. The molecule has 0 spiro atoms. The summed E-state index contributed by atoms with van der Waals surface area (Å²) in [6.45, 7) is 13.6. The Labute approximate surface area is 387 Å². The van der Waals surface area contributed by atoms with Crippen molar-refractivity contribution < 1.29 is 76.2 Å². The van der Waals surface area contributed by atoms with Crippen LogP contribution in [0.25, 0.3) is 4.85 Å². The molecule has 0 amide bonds. The van der Waals surface area contributed by atoms with Gasteiger partial charge >= 0.3 is 41.8 Å². The second-order valence-electron chi connectivity index (χ2n) is 14.7. The fourth-order valence-electron chi connectivity index (χ4n) is 7.00. The molecule has 2 saturated carbocycles. The minimum Gasteiger partial charge on any atom is -0.474 e. The van der Waals surface area contributed by atoms with Crippen molar-refractivity contribution in [3.05, 3.63) is 107 Å². The van der Waals surface area contributed by atoms with Gasteiger partial charge in [-0.15, -0.1) is 0 Å². The molecule has 1 heterocycles. The number of hydrogen-bond acceptors (Lipinski definition) is 18. The van der Waals surface area contributed by atoms with Crippen molar-refractivity contribution in [3.63, 3.8) is 0 Å². The van der Waals surface area contributed by atoms with Crippen molar-refractivity contribution in [3.8, 4) is 34.5 Å². The Morgan fingerprint density at radius 1 is 0.561 bits per heavy atom. The molecular weight excluding hydrogens is 899 g/mol. The van der Waals surface area contributed by atoms with Gasteiger partial charge in [-0.3, -0.25) is 24.0 Å². The molecular formula is C47H43NO16S2. The van der Waals surface area contributed by atoms with E-state index in [0.29, 0.717) is 84.2 Å². The lowest BCUT2D eigenvalue weighted by molar-refractivity contribution is -0.145. The Morgan fingerprint density at radius 3 is 1.21 bits per heavy atom. The molecule has 0 aromatic heterocycles. The highest BCUT2D eigenvalue weighted by Crippen LogP contribution is 2.59. The van der Waals surface area contributed by atoms with Gasteiger partial charge in [0.1, 0.15) is 34.5 Å². The van der Waals surface area contributed by atoms with Crippen molar-refractivity contribution >= 4 is 65.3 Å². The minimum absolute atomic E-state index is 0.138. The van der Waals surface area contributed by atoms with E-state index in [1.807, 2.05) is 0 Å². The summed E-state index contributed by atoms with van der Waals surface area (Å²) < 4.78 is 48.2. The van der Waals surface area contributed by atoms with Gasteiger partial charge in [0.05, 0.1) is 51.4 Å². The van der Waals surface area contributed by atoms with Gasteiger partial charge in [-0.2, -0.15) is 0 Å². The summed E-state index contributed by atoms with van der Waals surface area (Å²) in [5.41, 5.74) is -0.291. The van der Waals surface area contributed by atoms with Gasteiger partial charge in [-0.1, -0.05) is 36.7 Å². The van der Waals surface area contributed by atoms with E-state index >= 15 is 0 Å². The highest BCUT2D eigenvalue weighted by atomic mass is 32.2. The molecule has 3 aliphatic rings. The minimum atomic E-state index is -0.861. The van der Waals surface area contributed by atoms with Gasteiger partial charge in [0.2, 0.25) is 13.6 Å². The topological polar surface area (TPSA) is 207 Å². The zero-order chi connectivity index (χ0) is 47.2. The van der Waals surface area contributed by atoms with Gasteiger partial charge in [0.15, 0.2) is 0 Å². The smallest absolute Gasteiger partial charge is 0.337 e. The Kier molecular flexibility index (Phi) is 17.0. The zero-order valence-electron chi connectivity index (χ0n) is 35.5. The van der Waals surface area contributed by atoms with Crippen molar-refractivity contribution in [1.29, 1.82) is 0 Å². The van der Waals surface area contributed by atoms with Crippen LogP contribution in [0.4, 0.5) is 0 Å². The summed E-state index contributed by atoms with van der Waals surface area (Å²) in [5.74, 6) is -4.40. The van der Waals surface area contributed by atoms with Crippen LogP contribution in [0.3, 0.4) is 0 Å². The summed E-state index contributed by atoms with van der Waals surface area (Å²) in [6, 6.07) is 15.4. The standard InChI is InChI=1S/C47H43NO16S2/c1-5-37(49)59-25-57-31-15-19-33(20-16-31)61-42(51)27-7-11-29(12-8-27)44(53)63-35-23-24-36(41-40(35)65-47(66-41)39(48-3)46(55)56-4)64-45(54)30-13-9-28(10-14-30)43(52)62-34-21-17-32(18-22-34)58-26-60-38(50)6-2/h5-6,15-24,27-30H,1-2,7-14,25-26H2,4H3. The number of nitrogens with zero attached hydrogens (tertiary/aromatic N) is 1. The third-order valence-electron chi connectivity index (χ3n) is 10.6. The van der Waals surface area contributed by atoms with E-state index in [2.05, 4.69) is 18.0 Å². The Morgan fingerprint density at radius 2 is 0.894 bits per heavy atom. The first-order chi connectivity index (χ1) is 31.9. The first-order valence-corrected chi connectivity index (χ1v) is 22.2. The number of methoxy groups -OCH3 is 1. The van der Waals surface area contributed by atoms with E-state index in [1.165, 1.54) is 12.1 Å². The number of thioether (sulfide) groups is 2. The molecule has 3 aromatic rings.